The first-order chi connectivity index (χ1) is 10.9. The fraction of sp³-hybridized carbons (Fsp3) is 0.200. The van der Waals surface area contributed by atoms with Crippen molar-refractivity contribution in [3.05, 3.63) is 52.0 Å². The van der Waals surface area contributed by atoms with Crippen LogP contribution in [0.4, 0.5) is 5.69 Å². The van der Waals surface area contributed by atoms with Crippen molar-refractivity contribution >= 4 is 40.8 Å². The van der Waals surface area contributed by atoms with Gasteiger partial charge in [0.1, 0.15) is 0 Å². The van der Waals surface area contributed by atoms with Gasteiger partial charge in [0, 0.05) is 11.2 Å². The summed E-state index contributed by atoms with van der Waals surface area (Å²) in [4.78, 5) is 31.8. The molecular weight excluding hydrogens is 341 g/mol. The number of carbonyl (C=O) groups excluding carboxylic acids is 2. The van der Waals surface area contributed by atoms with Gasteiger partial charge < -0.3 is 10.1 Å². The van der Waals surface area contributed by atoms with Crippen molar-refractivity contribution in [2.45, 2.75) is 20.0 Å². The van der Waals surface area contributed by atoms with Gasteiger partial charge in [-0.1, -0.05) is 23.2 Å². The predicted molar refractivity (Wildman–Crippen MR) is 86.7 cm³/mol. The van der Waals surface area contributed by atoms with Crippen LogP contribution in [0.25, 0.3) is 0 Å². The molecule has 0 saturated heterocycles. The van der Waals surface area contributed by atoms with Gasteiger partial charge in [0.25, 0.3) is 5.91 Å². The fourth-order valence-corrected chi connectivity index (χ4v) is 1.94. The van der Waals surface area contributed by atoms with Gasteiger partial charge in [0.05, 0.1) is 22.6 Å². The average Bonchev–Trinajstić information content (AvgIpc) is 2.51. The van der Waals surface area contributed by atoms with Crippen molar-refractivity contribution in [1.82, 2.24) is 9.97 Å². The molecule has 0 saturated carbocycles. The monoisotopic (exact) mass is 353 g/mol. The standard InChI is InChI=1S/C15H13Cl2N3O3/c1-8-6-19-13(7-18-8)15(22)23-9(2)14(21)20-12-5-10(16)3-4-11(12)17/h3-7,9H,1-2H3,(H,20,21). The van der Waals surface area contributed by atoms with Crippen molar-refractivity contribution in [2.24, 2.45) is 0 Å². The number of ether oxygens (including phenoxy) is 1. The van der Waals surface area contributed by atoms with Gasteiger partial charge in [-0.25, -0.2) is 9.78 Å². The molecule has 8 heteroatoms. The van der Waals surface area contributed by atoms with Gasteiger partial charge in [-0.15, -0.1) is 0 Å². The molecule has 0 aliphatic carbocycles. The van der Waals surface area contributed by atoms with Gasteiger partial charge in [-0.05, 0) is 32.0 Å². The quantitative estimate of drug-likeness (QED) is 0.853. The molecule has 1 aromatic carbocycles. The molecule has 0 fully saturated rings. The second kappa shape index (κ2) is 7.39. The second-order valence-electron chi connectivity index (χ2n) is 4.70. The highest BCUT2D eigenvalue weighted by Crippen LogP contribution is 2.25. The predicted octanol–water partition coefficient (Wildman–Crippen LogP) is 3.28. The first-order valence-corrected chi connectivity index (χ1v) is 7.38. The molecular formula is C15H13Cl2N3O3. The number of aryl methyl sites for hydroxylation is 1. The third-order valence-electron chi connectivity index (χ3n) is 2.83. The minimum atomic E-state index is -1.04. The van der Waals surface area contributed by atoms with Crippen LogP contribution in [-0.4, -0.2) is 27.9 Å². The first-order valence-electron chi connectivity index (χ1n) is 6.62. The molecule has 1 heterocycles. The molecule has 0 aliphatic rings. The van der Waals surface area contributed by atoms with E-state index < -0.39 is 18.0 Å². The molecule has 1 N–H and O–H groups in total. The van der Waals surface area contributed by atoms with E-state index in [9.17, 15) is 9.59 Å². The Morgan fingerprint density at radius 3 is 2.61 bits per heavy atom. The summed E-state index contributed by atoms with van der Waals surface area (Å²) in [6.45, 7) is 3.18. The van der Waals surface area contributed by atoms with E-state index in [4.69, 9.17) is 27.9 Å². The summed E-state index contributed by atoms with van der Waals surface area (Å²) < 4.78 is 5.05. The third kappa shape index (κ3) is 4.64. The molecule has 0 spiro atoms. The number of hydrogen-bond donors (Lipinski definition) is 1. The molecule has 1 amide bonds. The molecule has 6 nitrogen and oxygen atoms in total. The Balaban J connectivity index is 2.01. The zero-order chi connectivity index (χ0) is 17.0. The lowest BCUT2D eigenvalue weighted by atomic mass is 10.3. The van der Waals surface area contributed by atoms with Crippen LogP contribution in [0.2, 0.25) is 10.0 Å². The number of nitrogens with zero attached hydrogens (tertiary/aromatic N) is 2. The van der Waals surface area contributed by atoms with Crippen LogP contribution in [0.5, 0.6) is 0 Å². The molecule has 0 radical (unpaired) electrons. The Hall–Kier alpha value is -2.18. The van der Waals surface area contributed by atoms with Crippen LogP contribution in [0, 0.1) is 6.92 Å². The summed E-state index contributed by atoms with van der Waals surface area (Å²) in [5.41, 5.74) is 1.03. The van der Waals surface area contributed by atoms with E-state index in [-0.39, 0.29) is 5.69 Å². The lowest BCUT2D eigenvalue weighted by Crippen LogP contribution is -2.30. The van der Waals surface area contributed by atoms with E-state index >= 15 is 0 Å². The summed E-state index contributed by atoms with van der Waals surface area (Å²) in [6.07, 6.45) is 1.68. The first kappa shape index (κ1) is 17.2. The number of aromatic nitrogens is 2. The molecule has 2 aromatic rings. The lowest BCUT2D eigenvalue weighted by molar-refractivity contribution is -0.123. The molecule has 120 valence electrons. The molecule has 1 unspecified atom stereocenters. The fourth-order valence-electron chi connectivity index (χ4n) is 1.60. The largest absolute Gasteiger partial charge is 0.448 e. The number of halogens is 2. The third-order valence-corrected chi connectivity index (χ3v) is 3.39. The summed E-state index contributed by atoms with van der Waals surface area (Å²) in [5, 5.41) is 3.29. The number of amides is 1. The van der Waals surface area contributed by atoms with Gasteiger partial charge in [-0.2, -0.15) is 0 Å². The summed E-state index contributed by atoms with van der Waals surface area (Å²) in [7, 11) is 0. The van der Waals surface area contributed by atoms with Crippen molar-refractivity contribution in [1.29, 1.82) is 0 Å². The van der Waals surface area contributed by atoms with E-state index in [0.717, 1.165) is 0 Å². The van der Waals surface area contributed by atoms with Gasteiger partial charge >= 0.3 is 5.97 Å². The number of nitrogens with one attached hydrogen (secondary N) is 1. The average molecular weight is 354 g/mol. The Kier molecular flexibility index (Phi) is 5.52. The van der Waals surface area contributed by atoms with Crippen LogP contribution >= 0.6 is 23.2 Å². The van der Waals surface area contributed by atoms with Crippen molar-refractivity contribution in [3.63, 3.8) is 0 Å². The molecule has 2 rings (SSSR count). The topological polar surface area (TPSA) is 81.2 Å². The van der Waals surface area contributed by atoms with Crippen LogP contribution in [0.1, 0.15) is 23.1 Å². The minimum Gasteiger partial charge on any atom is -0.448 e. The Morgan fingerprint density at radius 1 is 1.22 bits per heavy atom. The van der Waals surface area contributed by atoms with Crippen LogP contribution < -0.4 is 5.32 Å². The Labute approximate surface area is 142 Å². The van der Waals surface area contributed by atoms with Crippen molar-refractivity contribution in [3.8, 4) is 0 Å². The summed E-state index contributed by atoms with van der Waals surface area (Å²) >= 11 is 11.8. The van der Waals surface area contributed by atoms with Gasteiger partial charge in [0.15, 0.2) is 11.8 Å². The molecule has 1 aromatic heterocycles. The minimum absolute atomic E-state index is 0.0241. The van der Waals surface area contributed by atoms with Crippen LogP contribution in [-0.2, 0) is 9.53 Å². The summed E-state index contributed by atoms with van der Waals surface area (Å²) in [6, 6.07) is 4.65. The number of esters is 1. The molecule has 0 bridgehead atoms. The highest BCUT2D eigenvalue weighted by molar-refractivity contribution is 6.35. The number of rotatable bonds is 4. The van der Waals surface area contributed by atoms with Crippen LogP contribution in [0.3, 0.4) is 0 Å². The van der Waals surface area contributed by atoms with E-state index in [1.807, 2.05) is 0 Å². The van der Waals surface area contributed by atoms with Crippen LogP contribution in [0.15, 0.2) is 30.6 Å². The maximum atomic E-state index is 12.1. The van der Waals surface area contributed by atoms with Gasteiger partial charge in [0.2, 0.25) is 0 Å². The SMILES string of the molecule is Cc1cnc(C(=O)OC(C)C(=O)Nc2cc(Cl)ccc2Cl)cn1. The highest BCUT2D eigenvalue weighted by atomic mass is 35.5. The van der Waals surface area contributed by atoms with E-state index in [0.29, 0.717) is 21.4 Å². The maximum Gasteiger partial charge on any atom is 0.359 e. The maximum absolute atomic E-state index is 12.1. The molecule has 1 atom stereocenters. The number of anilines is 1. The normalized spacial score (nSPS) is 11.7. The zero-order valence-electron chi connectivity index (χ0n) is 12.3. The van der Waals surface area contributed by atoms with Crippen molar-refractivity contribution in [2.75, 3.05) is 5.32 Å². The lowest BCUT2D eigenvalue weighted by Gasteiger charge is -2.14. The number of benzene rings is 1. The zero-order valence-corrected chi connectivity index (χ0v) is 13.9. The van der Waals surface area contributed by atoms with Crippen molar-refractivity contribution < 1.29 is 14.3 Å². The Bertz CT molecular complexity index is 735. The van der Waals surface area contributed by atoms with E-state index in [1.54, 1.807) is 19.1 Å². The number of hydrogen-bond acceptors (Lipinski definition) is 5. The molecule has 23 heavy (non-hydrogen) atoms. The van der Waals surface area contributed by atoms with E-state index in [2.05, 4.69) is 15.3 Å². The summed E-state index contributed by atoms with van der Waals surface area (Å²) in [5.74, 6) is -1.28. The second-order valence-corrected chi connectivity index (χ2v) is 5.55. The Morgan fingerprint density at radius 2 is 1.96 bits per heavy atom. The highest BCUT2D eigenvalue weighted by Gasteiger charge is 2.20. The van der Waals surface area contributed by atoms with E-state index in [1.165, 1.54) is 25.4 Å². The molecule has 0 aliphatic heterocycles. The number of carbonyl (C=O) groups is 2. The van der Waals surface area contributed by atoms with Gasteiger partial charge in [-0.3, -0.25) is 9.78 Å². The smallest absolute Gasteiger partial charge is 0.359 e.